The van der Waals surface area contributed by atoms with Crippen LogP contribution in [0.1, 0.15) is 32.6 Å². The number of benzene rings is 1. The van der Waals surface area contributed by atoms with Gasteiger partial charge in [0.15, 0.2) is 0 Å². The second kappa shape index (κ2) is 7.07. The van der Waals surface area contributed by atoms with Gasteiger partial charge in [0, 0.05) is 10.1 Å². The molecule has 94 valence electrons. The Morgan fingerprint density at radius 2 is 1.82 bits per heavy atom. The SMILES string of the molecule is CC(CCN1CCCCC1)Sc1ccccc1. The van der Waals surface area contributed by atoms with Crippen LogP contribution in [0.5, 0.6) is 0 Å². The molecule has 1 aromatic carbocycles. The number of rotatable bonds is 5. The van der Waals surface area contributed by atoms with Crippen molar-refractivity contribution in [2.45, 2.75) is 42.8 Å². The summed E-state index contributed by atoms with van der Waals surface area (Å²) < 4.78 is 0. The zero-order valence-electron chi connectivity index (χ0n) is 10.8. The zero-order chi connectivity index (χ0) is 11.9. The van der Waals surface area contributed by atoms with E-state index in [0.29, 0.717) is 0 Å². The van der Waals surface area contributed by atoms with Gasteiger partial charge in [0.05, 0.1) is 0 Å². The first-order chi connectivity index (χ1) is 8.34. The lowest BCUT2D eigenvalue weighted by atomic mass is 10.1. The molecule has 2 heteroatoms. The third-order valence-electron chi connectivity index (χ3n) is 3.38. The van der Waals surface area contributed by atoms with Crippen LogP contribution in [0, 0.1) is 0 Å². The van der Waals surface area contributed by atoms with Crippen LogP contribution in [-0.4, -0.2) is 29.8 Å². The van der Waals surface area contributed by atoms with Crippen LogP contribution in [0.25, 0.3) is 0 Å². The van der Waals surface area contributed by atoms with Gasteiger partial charge in [0.25, 0.3) is 0 Å². The van der Waals surface area contributed by atoms with Crippen LogP contribution in [0.15, 0.2) is 35.2 Å². The Kier molecular flexibility index (Phi) is 5.40. The number of nitrogens with zero attached hydrogens (tertiary/aromatic N) is 1. The molecule has 0 bridgehead atoms. The highest BCUT2D eigenvalue weighted by atomic mass is 32.2. The van der Waals surface area contributed by atoms with Crippen molar-refractivity contribution in [3.8, 4) is 0 Å². The molecule has 0 amide bonds. The predicted molar refractivity (Wildman–Crippen MR) is 76.7 cm³/mol. The molecule has 1 aliphatic rings. The van der Waals surface area contributed by atoms with Gasteiger partial charge in [-0.05, 0) is 51.0 Å². The van der Waals surface area contributed by atoms with E-state index in [-0.39, 0.29) is 0 Å². The van der Waals surface area contributed by atoms with Crippen LogP contribution in [0.4, 0.5) is 0 Å². The number of piperidine rings is 1. The minimum absolute atomic E-state index is 0.722. The Morgan fingerprint density at radius 1 is 1.12 bits per heavy atom. The lowest BCUT2D eigenvalue weighted by Gasteiger charge is -2.27. The first-order valence-corrected chi connectivity index (χ1v) is 7.66. The van der Waals surface area contributed by atoms with Crippen LogP contribution in [0.3, 0.4) is 0 Å². The van der Waals surface area contributed by atoms with Crippen molar-refractivity contribution in [2.75, 3.05) is 19.6 Å². The summed E-state index contributed by atoms with van der Waals surface area (Å²) in [5.74, 6) is 0. The standard InChI is InChI=1S/C15H23NS/c1-14(17-15-8-4-2-5-9-15)10-13-16-11-6-3-7-12-16/h2,4-5,8-9,14H,3,6-7,10-13H2,1H3. The van der Waals surface area contributed by atoms with Crippen molar-refractivity contribution in [3.63, 3.8) is 0 Å². The van der Waals surface area contributed by atoms with E-state index in [1.54, 1.807) is 0 Å². The molecule has 0 N–H and O–H groups in total. The van der Waals surface area contributed by atoms with Crippen molar-refractivity contribution in [1.82, 2.24) is 4.90 Å². The Morgan fingerprint density at radius 3 is 2.53 bits per heavy atom. The highest BCUT2D eigenvalue weighted by Gasteiger charge is 2.11. The maximum Gasteiger partial charge on any atom is 0.00782 e. The monoisotopic (exact) mass is 249 g/mol. The fourth-order valence-corrected chi connectivity index (χ4v) is 3.34. The molecule has 1 nitrogen and oxygen atoms in total. The second-order valence-electron chi connectivity index (χ2n) is 4.93. The van der Waals surface area contributed by atoms with Gasteiger partial charge >= 0.3 is 0 Å². The van der Waals surface area contributed by atoms with Crippen molar-refractivity contribution in [2.24, 2.45) is 0 Å². The van der Waals surface area contributed by atoms with E-state index in [4.69, 9.17) is 0 Å². The molecule has 0 aliphatic carbocycles. The number of likely N-dealkylation sites (tertiary alicyclic amines) is 1. The smallest absolute Gasteiger partial charge is 0.00782 e. The van der Waals surface area contributed by atoms with Gasteiger partial charge in [-0.15, -0.1) is 11.8 Å². The average Bonchev–Trinajstić information content (AvgIpc) is 2.39. The fourth-order valence-electron chi connectivity index (χ4n) is 2.34. The van der Waals surface area contributed by atoms with Crippen molar-refractivity contribution in [1.29, 1.82) is 0 Å². The Balaban J connectivity index is 1.68. The summed E-state index contributed by atoms with van der Waals surface area (Å²) in [4.78, 5) is 4.03. The van der Waals surface area contributed by atoms with E-state index < -0.39 is 0 Å². The molecule has 1 atom stereocenters. The average molecular weight is 249 g/mol. The minimum atomic E-state index is 0.722. The fraction of sp³-hybridized carbons (Fsp3) is 0.600. The molecule has 1 aromatic rings. The summed E-state index contributed by atoms with van der Waals surface area (Å²) in [5, 5.41) is 0.722. The highest BCUT2D eigenvalue weighted by Crippen LogP contribution is 2.25. The van der Waals surface area contributed by atoms with Gasteiger partial charge in [-0.1, -0.05) is 31.5 Å². The molecule has 17 heavy (non-hydrogen) atoms. The van der Waals surface area contributed by atoms with Crippen molar-refractivity contribution >= 4 is 11.8 Å². The topological polar surface area (TPSA) is 3.24 Å². The molecule has 1 unspecified atom stereocenters. The molecular formula is C15H23NS. The summed E-state index contributed by atoms with van der Waals surface area (Å²) in [7, 11) is 0. The van der Waals surface area contributed by atoms with Gasteiger partial charge in [-0.25, -0.2) is 0 Å². The van der Waals surface area contributed by atoms with Crippen molar-refractivity contribution in [3.05, 3.63) is 30.3 Å². The molecule has 0 aromatic heterocycles. The molecule has 2 rings (SSSR count). The van der Waals surface area contributed by atoms with Crippen LogP contribution in [-0.2, 0) is 0 Å². The predicted octanol–water partition coefficient (Wildman–Crippen LogP) is 4.04. The van der Waals surface area contributed by atoms with Crippen LogP contribution < -0.4 is 0 Å². The van der Waals surface area contributed by atoms with Gasteiger partial charge in [-0.3, -0.25) is 0 Å². The Hall–Kier alpha value is -0.470. The zero-order valence-corrected chi connectivity index (χ0v) is 11.6. The first-order valence-electron chi connectivity index (χ1n) is 6.78. The maximum absolute atomic E-state index is 2.63. The molecule has 0 saturated carbocycles. The summed E-state index contributed by atoms with van der Waals surface area (Å²) in [6, 6.07) is 10.8. The maximum atomic E-state index is 2.63. The molecule has 1 heterocycles. The number of hydrogen-bond donors (Lipinski definition) is 0. The first kappa shape index (κ1) is 13.0. The Bertz CT molecular complexity index is 306. The molecule has 0 spiro atoms. The summed E-state index contributed by atoms with van der Waals surface area (Å²) in [6.45, 7) is 6.27. The minimum Gasteiger partial charge on any atom is -0.303 e. The third-order valence-corrected chi connectivity index (χ3v) is 4.56. The molecular weight excluding hydrogens is 226 g/mol. The van der Waals surface area contributed by atoms with Gasteiger partial charge in [0.2, 0.25) is 0 Å². The summed E-state index contributed by atoms with van der Waals surface area (Å²) in [5.41, 5.74) is 0. The number of thioether (sulfide) groups is 1. The lowest BCUT2D eigenvalue weighted by molar-refractivity contribution is 0.226. The van der Waals surface area contributed by atoms with E-state index in [0.717, 1.165) is 5.25 Å². The number of hydrogen-bond acceptors (Lipinski definition) is 2. The third kappa shape index (κ3) is 4.72. The van der Waals surface area contributed by atoms with Crippen LogP contribution >= 0.6 is 11.8 Å². The summed E-state index contributed by atoms with van der Waals surface area (Å²) >= 11 is 2.01. The molecule has 1 saturated heterocycles. The largest absolute Gasteiger partial charge is 0.303 e. The lowest BCUT2D eigenvalue weighted by Crippen LogP contribution is -2.31. The quantitative estimate of drug-likeness (QED) is 0.724. The molecule has 1 fully saturated rings. The van der Waals surface area contributed by atoms with E-state index in [2.05, 4.69) is 42.2 Å². The van der Waals surface area contributed by atoms with E-state index in [9.17, 15) is 0 Å². The molecule has 1 aliphatic heterocycles. The molecule has 0 radical (unpaired) electrons. The highest BCUT2D eigenvalue weighted by molar-refractivity contribution is 7.99. The summed E-state index contributed by atoms with van der Waals surface area (Å²) in [6.07, 6.45) is 5.55. The van der Waals surface area contributed by atoms with Gasteiger partial charge in [-0.2, -0.15) is 0 Å². The van der Waals surface area contributed by atoms with E-state index in [1.807, 2.05) is 11.8 Å². The van der Waals surface area contributed by atoms with E-state index >= 15 is 0 Å². The Labute approximate surface area is 110 Å². The second-order valence-corrected chi connectivity index (χ2v) is 6.44. The van der Waals surface area contributed by atoms with Crippen LogP contribution in [0.2, 0.25) is 0 Å². The van der Waals surface area contributed by atoms with Gasteiger partial charge < -0.3 is 4.90 Å². The van der Waals surface area contributed by atoms with Gasteiger partial charge in [0.1, 0.15) is 0 Å². The normalized spacial score (nSPS) is 19.1. The van der Waals surface area contributed by atoms with Crippen molar-refractivity contribution < 1.29 is 0 Å². The van der Waals surface area contributed by atoms with E-state index in [1.165, 1.54) is 50.2 Å².